The first-order chi connectivity index (χ1) is 13.1. The molecule has 0 aliphatic rings. The standard InChI is InChI=1S/C20H24IN3O3S/c1-14(2)16-7-11-19(12-8-16)24(28(4,26)27)13-20(25)23-22-15(3)17-5-9-18(21)10-6-17/h5-12,14H,13H2,1-4H3,(H,23,25)/b22-15-. The zero-order valence-electron chi connectivity index (χ0n) is 16.3. The van der Waals surface area contributed by atoms with Crippen molar-refractivity contribution in [2.45, 2.75) is 26.7 Å². The van der Waals surface area contributed by atoms with Crippen molar-refractivity contribution in [2.75, 3.05) is 17.1 Å². The van der Waals surface area contributed by atoms with Crippen molar-refractivity contribution >= 4 is 49.9 Å². The van der Waals surface area contributed by atoms with Crippen molar-refractivity contribution in [1.29, 1.82) is 0 Å². The van der Waals surface area contributed by atoms with Gasteiger partial charge in [0.05, 0.1) is 17.7 Å². The third-order valence-corrected chi connectivity index (χ3v) is 6.01. The molecule has 0 heterocycles. The van der Waals surface area contributed by atoms with Crippen molar-refractivity contribution in [3.63, 3.8) is 0 Å². The van der Waals surface area contributed by atoms with Crippen LogP contribution >= 0.6 is 22.6 Å². The first-order valence-electron chi connectivity index (χ1n) is 8.74. The highest BCUT2D eigenvalue weighted by Crippen LogP contribution is 2.21. The minimum Gasteiger partial charge on any atom is -0.271 e. The van der Waals surface area contributed by atoms with Crippen LogP contribution in [0.2, 0.25) is 0 Å². The molecule has 0 unspecified atom stereocenters. The molecule has 0 aromatic heterocycles. The Balaban J connectivity index is 2.13. The number of hydrazone groups is 1. The molecule has 2 rings (SSSR count). The molecular formula is C20H24IN3O3S. The van der Waals surface area contributed by atoms with E-state index in [9.17, 15) is 13.2 Å². The molecule has 1 N–H and O–H groups in total. The van der Waals surface area contributed by atoms with Gasteiger partial charge in [0.25, 0.3) is 5.91 Å². The highest BCUT2D eigenvalue weighted by Gasteiger charge is 2.21. The van der Waals surface area contributed by atoms with Crippen LogP contribution in [0.4, 0.5) is 5.69 Å². The van der Waals surface area contributed by atoms with Gasteiger partial charge in [0.15, 0.2) is 0 Å². The topological polar surface area (TPSA) is 78.8 Å². The predicted molar refractivity (Wildman–Crippen MR) is 122 cm³/mol. The van der Waals surface area contributed by atoms with Gasteiger partial charge >= 0.3 is 0 Å². The minimum absolute atomic E-state index is 0.336. The molecule has 0 spiro atoms. The number of rotatable bonds is 7. The molecule has 150 valence electrons. The fourth-order valence-corrected chi connectivity index (χ4v) is 3.71. The molecule has 2 aromatic carbocycles. The summed E-state index contributed by atoms with van der Waals surface area (Å²) in [6.45, 7) is 5.56. The Morgan fingerprint density at radius 1 is 1.11 bits per heavy atom. The summed E-state index contributed by atoms with van der Waals surface area (Å²) in [5.41, 5.74) is 5.50. The van der Waals surface area contributed by atoms with E-state index >= 15 is 0 Å². The van der Waals surface area contributed by atoms with E-state index in [2.05, 4.69) is 47.0 Å². The van der Waals surface area contributed by atoms with Crippen LogP contribution in [0, 0.1) is 3.57 Å². The first-order valence-corrected chi connectivity index (χ1v) is 11.7. The molecule has 0 radical (unpaired) electrons. The van der Waals surface area contributed by atoms with E-state index in [0.717, 1.165) is 25.3 Å². The number of anilines is 1. The Hall–Kier alpha value is -1.94. The number of amides is 1. The van der Waals surface area contributed by atoms with Gasteiger partial charge in [-0.1, -0.05) is 38.1 Å². The van der Waals surface area contributed by atoms with Gasteiger partial charge in [0.1, 0.15) is 6.54 Å². The number of halogens is 1. The molecule has 0 fully saturated rings. The molecular weight excluding hydrogens is 489 g/mol. The predicted octanol–water partition coefficient (Wildman–Crippen LogP) is 3.72. The van der Waals surface area contributed by atoms with Crippen LogP contribution < -0.4 is 9.73 Å². The molecule has 2 aromatic rings. The summed E-state index contributed by atoms with van der Waals surface area (Å²) in [6, 6.07) is 14.9. The number of hydrogen-bond donors (Lipinski definition) is 1. The highest BCUT2D eigenvalue weighted by molar-refractivity contribution is 14.1. The summed E-state index contributed by atoms with van der Waals surface area (Å²) in [5.74, 6) is -0.175. The fourth-order valence-electron chi connectivity index (χ4n) is 2.49. The second-order valence-electron chi connectivity index (χ2n) is 6.75. The maximum absolute atomic E-state index is 12.3. The smallest absolute Gasteiger partial charge is 0.260 e. The largest absolute Gasteiger partial charge is 0.271 e. The van der Waals surface area contributed by atoms with Gasteiger partial charge in [0, 0.05) is 3.57 Å². The van der Waals surface area contributed by atoms with Crippen molar-refractivity contribution < 1.29 is 13.2 Å². The van der Waals surface area contributed by atoms with E-state index in [-0.39, 0.29) is 6.54 Å². The quantitative estimate of drug-likeness (QED) is 0.348. The zero-order valence-corrected chi connectivity index (χ0v) is 19.3. The summed E-state index contributed by atoms with van der Waals surface area (Å²) in [6.07, 6.45) is 1.08. The summed E-state index contributed by atoms with van der Waals surface area (Å²) in [7, 11) is -3.62. The SMILES string of the molecule is C/C(=N/NC(=O)CN(c1ccc(C(C)C)cc1)S(C)(=O)=O)c1ccc(I)cc1. The maximum atomic E-state index is 12.3. The molecule has 0 aliphatic carbocycles. The van der Waals surface area contributed by atoms with Gasteiger partial charge in [-0.05, 0) is 70.8 Å². The van der Waals surface area contributed by atoms with Crippen molar-refractivity contribution in [3.8, 4) is 0 Å². The summed E-state index contributed by atoms with van der Waals surface area (Å²) in [4.78, 5) is 12.3. The molecule has 0 saturated carbocycles. The molecule has 6 nitrogen and oxygen atoms in total. The average Bonchev–Trinajstić information content (AvgIpc) is 2.64. The van der Waals surface area contributed by atoms with E-state index in [1.54, 1.807) is 19.1 Å². The number of nitrogens with zero attached hydrogens (tertiary/aromatic N) is 2. The van der Waals surface area contributed by atoms with Crippen LogP contribution in [-0.4, -0.2) is 32.8 Å². The van der Waals surface area contributed by atoms with E-state index in [4.69, 9.17) is 0 Å². The molecule has 0 bridgehead atoms. The zero-order chi connectivity index (χ0) is 20.9. The van der Waals surface area contributed by atoms with E-state index in [1.807, 2.05) is 36.4 Å². The fraction of sp³-hybridized carbons (Fsp3) is 0.300. The molecule has 0 aliphatic heterocycles. The Kier molecular flexibility index (Phi) is 7.59. The number of sulfonamides is 1. The summed E-state index contributed by atoms with van der Waals surface area (Å²) in [5, 5.41) is 4.08. The lowest BCUT2D eigenvalue weighted by molar-refractivity contribution is -0.119. The second-order valence-corrected chi connectivity index (χ2v) is 9.91. The van der Waals surface area contributed by atoms with Crippen LogP contribution in [0.3, 0.4) is 0 Å². The molecule has 0 saturated heterocycles. The maximum Gasteiger partial charge on any atom is 0.260 e. The van der Waals surface area contributed by atoms with Crippen LogP contribution in [0.1, 0.15) is 37.8 Å². The summed E-state index contributed by atoms with van der Waals surface area (Å²) < 4.78 is 26.5. The van der Waals surface area contributed by atoms with Crippen LogP contribution in [-0.2, 0) is 14.8 Å². The molecule has 8 heteroatoms. The Morgan fingerprint density at radius 3 is 2.18 bits per heavy atom. The van der Waals surface area contributed by atoms with Gasteiger partial charge in [-0.25, -0.2) is 13.8 Å². The van der Waals surface area contributed by atoms with Crippen LogP contribution in [0.5, 0.6) is 0 Å². The van der Waals surface area contributed by atoms with E-state index in [1.165, 1.54) is 0 Å². The van der Waals surface area contributed by atoms with Gasteiger partial charge < -0.3 is 0 Å². The van der Waals surface area contributed by atoms with Gasteiger partial charge in [-0.2, -0.15) is 5.10 Å². The number of hydrogen-bond acceptors (Lipinski definition) is 4. The third-order valence-electron chi connectivity index (χ3n) is 4.15. The Bertz CT molecular complexity index is 953. The number of carbonyl (C=O) groups excluding carboxylic acids is 1. The minimum atomic E-state index is -3.62. The molecule has 28 heavy (non-hydrogen) atoms. The lowest BCUT2D eigenvalue weighted by Crippen LogP contribution is -2.39. The lowest BCUT2D eigenvalue weighted by Gasteiger charge is -2.22. The second kappa shape index (κ2) is 9.51. The van der Waals surface area contributed by atoms with Gasteiger partial charge in [0.2, 0.25) is 10.0 Å². The lowest BCUT2D eigenvalue weighted by atomic mass is 10.0. The third kappa shape index (κ3) is 6.30. The van der Waals surface area contributed by atoms with Gasteiger partial charge in [-0.15, -0.1) is 0 Å². The van der Waals surface area contributed by atoms with Gasteiger partial charge in [-0.3, -0.25) is 9.10 Å². The highest BCUT2D eigenvalue weighted by atomic mass is 127. The number of nitrogens with one attached hydrogen (secondary N) is 1. The van der Waals surface area contributed by atoms with E-state index < -0.39 is 15.9 Å². The summed E-state index contributed by atoms with van der Waals surface area (Å²) >= 11 is 2.21. The number of carbonyl (C=O) groups is 1. The Morgan fingerprint density at radius 2 is 1.68 bits per heavy atom. The normalized spacial score (nSPS) is 12.1. The van der Waals surface area contributed by atoms with Crippen molar-refractivity contribution in [1.82, 2.24) is 5.43 Å². The van der Waals surface area contributed by atoms with Crippen molar-refractivity contribution in [3.05, 3.63) is 63.2 Å². The Labute approximate surface area is 180 Å². The van der Waals surface area contributed by atoms with Crippen LogP contribution in [0.25, 0.3) is 0 Å². The van der Waals surface area contributed by atoms with E-state index in [0.29, 0.717) is 17.3 Å². The average molecular weight is 513 g/mol. The first kappa shape index (κ1) is 22.4. The van der Waals surface area contributed by atoms with Crippen LogP contribution in [0.15, 0.2) is 53.6 Å². The monoisotopic (exact) mass is 513 g/mol. The molecule has 1 amide bonds. The molecule has 0 atom stereocenters. The number of benzene rings is 2. The van der Waals surface area contributed by atoms with Crippen molar-refractivity contribution in [2.24, 2.45) is 5.10 Å².